The van der Waals surface area contributed by atoms with Crippen LogP contribution in [0.3, 0.4) is 0 Å². The van der Waals surface area contributed by atoms with E-state index in [0.717, 1.165) is 12.8 Å². The average molecular weight is 268 g/mol. The van der Waals surface area contributed by atoms with Gasteiger partial charge < -0.3 is 10.2 Å². The molecule has 2 amide bonds. The molecule has 110 valence electrons. The monoisotopic (exact) mass is 268 g/mol. The molecule has 0 unspecified atom stereocenters. The highest BCUT2D eigenvalue weighted by Gasteiger charge is 2.17. The Balaban J connectivity index is 2.31. The van der Waals surface area contributed by atoms with E-state index in [4.69, 9.17) is 0 Å². The van der Waals surface area contributed by atoms with Crippen molar-refractivity contribution < 1.29 is 9.59 Å². The zero-order valence-electron chi connectivity index (χ0n) is 12.6. The number of carbonyl (C=O) groups is 2. The average Bonchev–Trinajstić information content (AvgIpc) is 2.56. The third-order valence-corrected chi connectivity index (χ3v) is 3.83. The van der Waals surface area contributed by atoms with Crippen LogP contribution in [0.2, 0.25) is 0 Å². The SMILES string of the molecule is CC(=O)N(CCC(=O)NC1CCCCCC1)C(C)C. The van der Waals surface area contributed by atoms with Gasteiger partial charge in [0.2, 0.25) is 11.8 Å². The molecule has 0 aromatic heterocycles. The van der Waals surface area contributed by atoms with E-state index in [1.54, 1.807) is 11.8 Å². The van der Waals surface area contributed by atoms with Crippen molar-refractivity contribution in [2.75, 3.05) is 6.54 Å². The quantitative estimate of drug-likeness (QED) is 0.779. The summed E-state index contributed by atoms with van der Waals surface area (Å²) in [6, 6.07) is 0.503. The van der Waals surface area contributed by atoms with E-state index < -0.39 is 0 Å². The maximum atomic E-state index is 11.9. The summed E-state index contributed by atoms with van der Waals surface area (Å²) in [5.74, 6) is 0.121. The number of rotatable bonds is 5. The number of hydrogen-bond donors (Lipinski definition) is 1. The molecule has 1 rings (SSSR count). The molecule has 19 heavy (non-hydrogen) atoms. The van der Waals surface area contributed by atoms with E-state index in [9.17, 15) is 9.59 Å². The van der Waals surface area contributed by atoms with Crippen molar-refractivity contribution in [3.8, 4) is 0 Å². The minimum Gasteiger partial charge on any atom is -0.353 e. The molecular formula is C15H28N2O2. The second-order valence-electron chi connectivity index (χ2n) is 5.81. The predicted molar refractivity (Wildman–Crippen MR) is 76.8 cm³/mol. The second-order valence-corrected chi connectivity index (χ2v) is 5.81. The van der Waals surface area contributed by atoms with Gasteiger partial charge in [-0.1, -0.05) is 25.7 Å². The highest BCUT2D eigenvalue weighted by atomic mass is 16.2. The van der Waals surface area contributed by atoms with Gasteiger partial charge in [0.25, 0.3) is 0 Å². The van der Waals surface area contributed by atoms with Crippen LogP contribution >= 0.6 is 0 Å². The first-order valence-corrected chi connectivity index (χ1v) is 7.57. The van der Waals surface area contributed by atoms with Crippen LogP contribution < -0.4 is 5.32 Å². The Labute approximate surface area is 116 Å². The van der Waals surface area contributed by atoms with Crippen LogP contribution in [-0.4, -0.2) is 35.3 Å². The largest absolute Gasteiger partial charge is 0.353 e. The Morgan fingerprint density at radius 1 is 1.16 bits per heavy atom. The maximum absolute atomic E-state index is 11.9. The summed E-state index contributed by atoms with van der Waals surface area (Å²) in [7, 11) is 0. The fourth-order valence-electron chi connectivity index (χ4n) is 2.72. The smallest absolute Gasteiger partial charge is 0.221 e. The van der Waals surface area contributed by atoms with Crippen molar-refractivity contribution in [2.24, 2.45) is 0 Å². The zero-order chi connectivity index (χ0) is 14.3. The Bertz CT molecular complexity index is 295. The van der Waals surface area contributed by atoms with Crippen LogP contribution in [0.25, 0.3) is 0 Å². The standard InChI is InChI=1S/C15H28N2O2/c1-12(2)17(13(3)18)11-10-15(19)16-14-8-6-4-5-7-9-14/h12,14H,4-11H2,1-3H3,(H,16,19). The summed E-state index contributed by atoms with van der Waals surface area (Å²) >= 11 is 0. The van der Waals surface area contributed by atoms with Gasteiger partial charge in [-0.05, 0) is 26.7 Å². The van der Waals surface area contributed by atoms with Crippen molar-refractivity contribution in [2.45, 2.75) is 77.8 Å². The molecular weight excluding hydrogens is 240 g/mol. The van der Waals surface area contributed by atoms with Gasteiger partial charge >= 0.3 is 0 Å². The van der Waals surface area contributed by atoms with E-state index in [2.05, 4.69) is 5.32 Å². The first kappa shape index (κ1) is 16.0. The second kappa shape index (κ2) is 8.18. The van der Waals surface area contributed by atoms with Gasteiger partial charge in [-0.3, -0.25) is 9.59 Å². The molecule has 0 aromatic rings. The van der Waals surface area contributed by atoms with Gasteiger partial charge in [0.1, 0.15) is 0 Å². The lowest BCUT2D eigenvalue weighted by Gasteiger charge is -2.25. The summed E-state index contributed by atoms with van der Waals surface area (Å²) in [6.45, 7) is 6.03. The van der Waals surface area contributed by atoms with Crippen molar-refractivity contribution in [1.29, 1.82) is 0 Å². The Morgan fingerprint density at radius 2 is 1.74 bits per heavy atom. The first-order chi connectivity index (χ1) is 9.00. The summed E-state index contributed by atoms with van der Waals surface area (Å²) in [6.07, 6.45) is 7.63. The van der Waals surface area contributed by atoms with Crippen LogP contribution in [0.5, 0.6) is 0 Å². The molecule has 4 nitrogen and oxygen atoms in total. The number of nitrogens with one attached hydrogen (secondary N) is 1. The number of hydrogen-bond acceptors (Lipinski definition) is 2. The Morgan fingerprint density at radius 3 is 2.21 bits per heavy atom. The minimum absolute atomic E-state index is 0.0391. The van der Waals surface area contributed by atoms with E-state index >= 15 is 0 Å². The molecule has 1 N–H and O–H groups in total. The lowest BCUT2D eigenvalue weighted by Crippen LogP contribution is -2.40. The van der Waals surface area contributed by atoms with Crippen molar-refractivity contribution in [3.05, 3.63) is 0 Å². The van der Waals surface area contributed by atoms with Gasteiger partial charge in [-0.2, -0.15) is 0 Å². The molecule has 1 aliphatic carbocycles. The Hall–Kier alpha value is -1.06. The third-order valence-electron chi connectivity index (χ3n) is 3.83. The molecule has 1 fully saturated rings. The minimum atomic E-state index is 0.0391. The van der Waals surface area contributed by atoms with Crippen molar-refractivity contribution in [1.82, 2.24) is 10.2 Å². The zero-order valence-corrected chi connectivity index (χ0v) is 12.6. The molecule has 0 spiro atoms. The number of nitrogens with zero attached hydrogens (tertiary/aromatic N) is 1. The van der Waals surface area contributed by atoms with E-state index in [0.29, 0.717) is 19.0 Å². The molecule has 0 bridgehead atoms. The summed E-state index contributed by atoms with van der Waals surface area (Å²) in [5, 5.41) is 3.12. The van der Waals surface area contributed by atoms with Gasteiger partial charge in [-0.15, -0.1) is 0 Å². The fourth-order valence-corrected chi connectivity index (χ4v) is 2.72. The van der Waals surface area contributed by atoms with Gasteiger partial charge in [-0.25, -0.2) is 0 Å². The lowest BCUT2D eigenvalue weighted by atomic mass is 10.1. The molecule has 1 aliphatic rings. The molecule has 0 radical (unpaired) electrons. The van der Waals surface area contributed by atoms with Crippen molar-refractivity contribution >= 4 is 11.8 Å². The first-order valence-electron chi connectivity index (χ1n) is 7.57. The molecule has 0 heterocycles. The van der Waals surface area contributed by atoms with Crippen LogP contribution in [0, 0.1) is 0 Å². The normalized spacial score (nSPS) is 17.1. The van der Waals surface area contributed by atoms with Crippen LogP contribution in [0.1, 0.15) is 65.7 Å². The topological polar surface area (TPSA) is 49.4 Å². The number of amides is 2. The molecule has 0 aliphatic heterocycles. The summed E-state index contributed by atoms with van der Waals surface area (Å²) < 4.78 is 0. The predicted octanol–water partition coefficient (Wildman–Crippen LogP) is 2.47. The fraction of sp³-hybridized carbons (Fsp3) is 0.867. The molecule has 4 heteroatoms. The summed E-state index contributed by atoms with van der Waals surface area (Å²) in [5.41, 5.74) is 0. The maximum Gasteiger partial charge on any atom is 0.221 e. The van der Waals surface area contributed by atoms with Crippen LogP contribution in [0.4, 0.5) is 0 Å². The number of carbonyl (C=O) groups excluding carboxylic acids is 2. The van der Waals surface area contributed by atoms with Crippen LogP contribution in [0.15, 0.2) is 0 Å². The van der Waals surface area contributed by atoms with Gasteiger partial charge in [0.05, 0.1) is 0 Å². The van der Waals surface area contributed by atoms with Crippen molar-refractivity contribution in [3.63, 3.8) is 0 Å². The molecule has 0 aromatic carbocycles. The van der Waals surface area contributed by atoms with Gasteiger partial charge in [0, 0.05) is 32.0 Å². The van der Waals surface area contributed by atoms with Crippen LogP contribution in [-0.2, 0) is 9.59 Å². The third kappa shape index (κ3) is 6.08. The molecule has 0 saturated heterocycles. The van der Waals surface area contributed by atoms with Gasteiger partial charge in [0.15, 0.2) is 0 Å². The summed E-state index contributed by atoms with van der Waals surface area (Å²) in [4.78, 5) is 25.1. The van der Waals surface area contributed by atoms with E-state index in [1.165, 1.54) is 25.7 Å². The lowest BCUT2D eigenvalue weighted by molar-refractivity contribution is -0.131. The van der Waals surface area contributed by atoms with E-state index in [-0.39, 0.29) is 17.9 Å². The molecule has 1 saturated carbocycles. The molecule has 0 atom stereocenters. The van der Waals surface area contributed by atoms with E-state index in [1.807, 2.05) is 13.8 Å². The highest BCUT2D eigenvalue weighted by Crippen LogP contribution is 2.17. The highest BCUT2D eigenvalue weighted by molar-refractivity contribution is 5.78. The Kier molecular flexibility index (Phi) is 6.89.